The number of carbonyl (C=O) groups excluding carboxylic acids is 1. The minimum Gasteiger partial charge on any atom is -0.492 e. The second-order valence-corrected chi connectivity index (χ2v) is 8.72. The van der Waals surface area contributed by atoms with E-state index < -0.39 is 0 Å². The lowest BCUT2D eigenvalue weighted by Gasteiger charge is -2.14. The average molecular weight is 424 g/mol. The van der Waals surface area contributed by atoms with Crippen molar-refractivity contribution in [3.63, 3.8) is 0 Å². The lowest BCUT2D eigenvalue weighted by Crippen LogP contribution is -2.16. The van der Waals surface area contributed by atoms with Crippen LogP contribution in [0.15, 0.2) is 42.6 Å². The number of fused-ring (bicyclic) bond motifs is 1. The number of benzene rings is 1. The molecule has 1 aromatic carbocycles. The molecule has 0 aliphatic heterocycles. The van der Waals surface area contributed by atoms with E-state index in [-0.39, 0.29) is 5.91 Å². The number of aryl methyl sites for hydroxylation is 2. The molecule has 0 saturated heterocycles. The number of anilines is 2. The number of ether oxygens (including phenoxy) is 1. The third kappa shape index (κ3) is 4.38. The van der Waals surface area contributed by atoms with Gasteiger partial charge in [0.1, 0.15) is 10.8 Å². The maximum Gasteiger partial charge on any atom is 0.259 e. The monoisotopic (exact) mass is 423 g/mol. The van der Waals surface area contributed by atoms with Crippen LogP contribution in [0.25, 0.3) is 0 Å². The largest absolute Gasteiger partial charge is 0.492 e. The number of amides is 1. The van der Waals surface area contributed by atoms with Gasteiger partial charge in [-0.1, -0.05) is 18.6 Å². The molecule has 0 fully saturated rings. The molecule has 0 radical (unpaired) electrons. The van der Waals surface area contributed by atoms with Crippen molar-refractivity contribution in [3.8, 4) is 5.75 Å². The summed E-state index contributed by atoms with van der Waals surface area (Å²) in [5.41, 5.74) is 3.92. The highest BCUT2D eigenvalue weighted by Crippen LogP contribution is 2.38. The third-order valence-corrected chi connectivity index (χ3v) is 6.81. The van der Waals surface area contributed by atoms with Gasteiger partial charge in [0.25, 0.3) is 5.91 Å². The summed E-state index contributed by atoms with van der Waals surface area (Å²) in [6.07, 6.45) is 7.62. The van der Waals surface area contributed by atoms with Gasteiger partial charge in [0.05, 0.1) is 24.4 Å². The van der Waals surface area contributed by atoms with Gasteiger partial charge in [-0.15, -0.1) is 11.3 Å². The van der Waals surface area contributed by atoms with Crippen LogP contribution in [0.4, 0.5) is 10.7 Å². The van der Waals surface area contributed by atoms with Crippen molar-refractivity contribution < 1.29 is 9.53 Å². The van der Waals surface area contributed by atoms with E-state index in [0.717, 1.165) is 29.8 Å². The maximum atomic E-state index is 13.5. The van der Waals surface area contributed by atoms with Crippen LogP contribution in [0.2, 0.25) is 0 Å². The Hall–Kier alpha value is -2.73. The fraction of sp³-hybridized carbons (Fsp3) is 0.375. The minimum absolute atomic E-state index is 0.0593. The van der Waals surface area contributed by atoms with Gasteiger partial charge in [0.15, 0.2) is 0 Å². The first kappa shape index (κ1) is 20.5. The van der Waals surface area contributed by atoms with Gasteiger partial charge < -0.3 is 19.9 Å². The molecular weight excluding hydrogens is 394 g/mol. The Balaban J connectivity index is 1.64. The Morgan fingerprint density at radius 2 is 1.97 bits per heavy atom. The zero-order valence-corrected chi connectivity index (χ0v) is 18.5. The Morgan fingerprint density at radius 1 is 1.13 bits per heavy atom. The molecule has 158 valence electrons. The zero-order chi connectivity index (χ0) is 20.9. The van der Waals surface area contributed by atoms with Crippen molar-refractivity contribution in [2.75, 3.05) is 17.2 Å². The highest BCUT2D eigenvalue weighted by Gasteiger charge is 2.25. The fourth-order valence-corrected chi connectivity index (χ4v) is 5.28. The summed E-state index contributed by atoms with van der Waals surface area (Å²) in [5, 5.41) is 7.62. The van der Waals surface area contributed by atoms with Crippen molar-refractivity contribution in [2.45, 2.75) is 45.6 Å². The lowest BCUT2D eigenvalue weighted by atomic mass is 10.0. The van der Waals surface area contributed by atoms with E-state index in [1.54, 1.807) is 11.3 Å². The molecule has 2 aromatic heterocycles. The average Bonchev–Trinajstić information content (AvgIpc) is 3.23. The van der Waals surface area contributed by atoms with E-state index in [4.69, 9.17) is 4.74 Å². The quantitative estimate of drug-likeness (QED) is 0.485. The summed E-state index contributed by atoms with van der Waals surface area (Å²) in [6.45, 7) is 3.20. The number of nitrogens with zero attached hydrogens (tertiary/aromatic N) is 1. The standard InChI is InChI=1S/C24H29N3O2S/c1-3-29-20-13-8-7-12-19(20)26-23(28)22-18-11-5-4-6-14-21(18)30-24(22)25-16-17-10-9-15-27(17)2/h7-10,12-13,15,25H,3-6,11,14,16H2,1-2H3,(H,26,28). The second-order valence-electron chi connectivity index (χ2n) is 7.62. The van der Waals surface area contributed by atoms with Gasteiger partial charge in [-0.2, -0.15) is 0 Å². The number of rotatable bonds is 7. The van der Waals surface area contributed by atoms with Crippen LogP contribution in [-0.2, 0) is 26.4 Å². The van der Waals surface area contributed by atoms with Crippen LogP contribution in [0, 0.1) is 0 Å². The number of hydrogen-bond acceptors (Lipinski definition) is 4. The Morgan fingerprint density at radius 3 is 2.77 bits per heavy atom. The summed E-state index contributed by atoms with van der Waals surface area (Å²) < 4.78 is 7.80. The van der Waals surface area contributed by atoms with Gasteiger partial charge >= 0.3 is 0 Å². The number of para-hydroxylation sites is 2. The first-order valence-electron chi connectivity index (χ1n) is 10.7. The van der Waals surface area contributed by atoms with Crippen molar-refractivity contribution in [1.29, 1.82) is 0 Å². The molecule has 1 amide bonds. The predicted octanol–water partition coefficient (Wildman–Crippen LogP) is 5.62. The third-order valence-electron chi connectivity index (χ3n) is 5.56. The number of nitrogens with one attached hydrogen (secondary N) is 2. The first-order chi connectivity index (χ1) is 14.7. The molecular formula is C24H29N3O2S. The van der Waals surface area contributed by atoms with Crippen LogP contribution >= 0.6 is 11.3 Å². The molecule has 0 spiro atoms. The Labute approximate surface area is 182 Å². The molecule has 0 bridgehead atoms. The first-order valence-corrected chi connectivity index (χ1v) is 11.5. The Bertz CT molecular complexity index is 1020. The summed E-state index contributed by atoms with van der Waals surface area (Å²) >= 11 is 1.74. The number of aromatic nitrogens is 1. The van der Waals surface area contributed by atoms with E-state index in [0.29, 0.717) is 24.6 Å². The van der Waals surface area contributed by atoms with E-state index in [1.165, 1.54) is 29.0 Å². The highest BCUT2D eigenvalue weighted by molar-refractivity contribution is 7.16. The Kier molecular flexibility index (Phi) is 6.43. The van der Waals surface area contributed by atoms with Crippen molar-refractivity contribution >= 4 is 27.9 Å². The lowest BCUT2D eigenvalue weighted by molar-refractivity contribution is 0.102. The summed E-state index contributed by atoms with van der Waals surface area (Å²) in [7, 11) is 2.04. The smallest absolute Gasteiger partial charge is 0.259 e. The molecule has 0 atom stereocenters. The second kappa shape index (κ2) is 9.39. The zero-order valence-electron chi connectivity index (χ0n) is 17.7. The molecule has 30 heavy (non-hydrogen) atoms. The molecule has 0 saturated carbocycles. The number of thiophene rings is 1. The number of carbonyl (C=O) groups is 1. The fourth-order valence-electron chi connectivity index (χ4n) is 3.99. The van der Waals surface area contributed by atoms with E-state index in [9.17, 15) is 4.79 Å². The molecule has 2 heterocycles. The van der Waals surface area contributed by atoms with Crippen LogP contribution < -0.4 is 15.4 Å². The van der Waals surface area contributed by atoms with E-state index in [1.807, 2.05) is 50.5 Å². The maximum absolute atomic E-state index is 13.5. The molecule has 1 aliphatic rings. The van der Waals surface area contributed by atoms with Gasteiger partial charge in [0, 0.05) is 23.8 Å². The minimum atomic E-state index is -0.0593. The van der Waals surface area contributed by atoms with Gasteiger partial charge in [-0.25, -0.2) is 0 Å². The van der Waals surface area contributed by atoms with Crippen LogP contribution in [0.3, 0.4) is 0 Å². The van der Waals surface area contributed by atoms with Crippen LogP contribution in [0.5, 0.6) is 5.75 Å². The van der Waals surface area contributed by atoms with Crippen LogP contribution in [-0.4, -0.2) is 17.1 Å². The normalized spacial score (nSPS) is 13.4. The van der Waals surface area contributed by atoms with Gasteiger partial charge in [-0.05, 0) is 62.4 Å². The molecule has 1 aliphatic carbocycles. The molecule has 0 unspecified atom stereocenters. The molecule has 5 nitrogen and oxygen atoms in total. The van der Waals surface area contributed by atoms with E-state index >= 15 is 0 Å². The topological polar surface area (TPSA) is 55.3 Å². The van der Waals surface area contributed by atoms with Crippen molar-refractivity contribution in [2.24, 2.45) is 7.05 Å². The predicted molar refractivity (Wildman–Crippen MR) is 124 cm³/mol. The highest BCUT2D eigenvalue weighted by atomic mass is 32.1. The van der Waals surface area contributed by atoms with E-state index in [2.05, 4.69) is 21.3 Å². The SMILES string of the molecule is CCOc1ccccc1NC(=O)c1c(NCc2cccn2C)sc2c1CCCCC2. The van der Waals surface area contributed by atoms with Crippen molar-refractivity contribution in [1.82, 2.24) is 4.57 Å². The summed E-state index contributed by atoms with van der Waals surface area (Å²) in [4.78, 5) is 14.8. The van der Waals surface area contributed by atoms with Crippen LogP contribution in [0.1, 0.15) is 52.7 Å². The van der Waals surface area contributed by atoms with Gasteiger partial charge in [0.2, 0.25) is 0 Å². The molecule has 4 rings (SSSR count). The molecule has 2 N–H and O–H groups in total. The van der Waals surface area contributed by atoms with Crippen molar-refractivity contribution in [3.05, 3.63) is 64.3 Å². The molecule has 3 aromatic rings. The summed E-state index contributed by atoms with van der Waals surface area (Å²) in [6, 6.07) is 11.8. The van der Waals surface area contributed by atoms with Gasteiger partial charge in [-0.3, -0.25) is 4.79 Å². The number of hydrogen-bond donors (Lipinski definition) is 2. The molecule has 6 heteroatoms. The summed E-state index contributed by atoms with van der Waals surface area (Å²) in [5.74, 6) is 0.643.